The number of unbranched alkanes of at least 4 members (excludes halogenated alkanes) is 1. The van der Waals surface area contributed by atoms with Gasteiger partial charge in [-0.3, -0.25) is 5.32 Å². The summed E-state index contributed by atoms with van der Waals surface area (Å²) < 4.78 is 11.6. The van der Waals surface area contributed by atoms with Gasteiger partial charge in [-0.1, -0.05) is 55.3 Å². The van der Waals surface area contributed by atoms with Gasteiger partial charge in [0.1, 0.15) is 11.6 Å². The van der Waals surface area contributed by atoms with Gasteiger partial charge in [-0.25, -0.2) is 4.79 Å². The highest BCUT2D eigenvalue weighted by Crippen LogP contribution is 2.31. The van der Waals surface area contributed by atoms with Gasteiger partial charge in [0, 0.05) is 25.2 Å². The molecule has 2 N–H and O–H groups in total. The average molecular weight is 418 g/mol. The van der Waals surface area contributed by atoms with Crippen molar-refractivity contribution in [3.05, 3.63) is 47.5 Å². The largest absolute Gasteiger partial charge is 0.459 e. The van der Waals surface area contributed by atoms with Crippen LogP contribution in [0.4, 0.5) is 0 Å². The van der Waals surface area contributed by atoms with Crippen LogP contribution in [0, 0.1) is 5.92 Å². The average Bonchev–Trinajstić information content (AvgIpc) is 3.15. The minimum Gasteiger partial charge on any atom is -0.459 e. The van der Waals surface area contributed by atoms with Crippen LogP contribution < -0.4 is 5.32 Å². The predicted molar refractivity (Wildman–Crippen MR) is 120 cm³/mol. The van der Waals surface area contributed by atoms with Gasteiger partial charge in [-0.2, -0.15) is 0 Å². The summed E-state index contributed by atoms with van der Waals surface area (Å²) in [5, 5.41) is 13.2. The fraction of sp³-hybridized carbons (Fsp3) is 0.640. The molecule has 0 spiro atoms. The summed E-state index contributed by atoms with van der Waals surface area (Å²) in [5.74, 6) is -0.0857. The zero-order valence-electron chi connectivity index (χ0n) is 19.0. The summed E-state index contributed by atoms with van der Waals surface area (Å²) in [7, 11) is 0. The van der Waals surface area contributed by atoms with Crippen molar-refractivity contribution in [3.63, 3.8) is 0 Å². The highest BCUT2D eigenvalue weighted by Gasteiger charge is 2.29. The molecule has 1 aliphatic rings. The molecule has 2 rings (SSSR count). The van der Waals surface area contributed by atoms with E-state index < -0.39 is 11.6 Å². The van der Waals surface area contributed by atoms with Gasteiger partial charge in [0.05, 0.1) is 6.61 Å². The minimum absolute atomic E-state index is 0.137. The van der Waals surface area contributed by atoms with Crippen molar-refractivity contribution in [1.82, 2.24) is 5.32 Å². The van der Waals surface area contributed by atoms with E-state index in [1.54, 1.807) is 0 Å². The smallest absolute Gasteiger partial charge is 0.328 e. The van der Waals surface area contributed by atoms with Gasteiger partial charge in [-0.05, 0) is 52.0 Å². The lowest BCUT2D eigenvalue weighted by Gasteiger charge is -2.28. The number of ether oxygens (including phenoxy) is 2. The second-order valence-corrected chi connectivity index (χ2v) is 9.09. The number of hydrogen-bond acceptors (Lipinski definition) is 5. The Morgan fingerprint density at radius 2 is 2.03 bits per heavy atom. The Kier molecular flexibility index (Phi) is 10.0. The highest BCUT2D eigenvalue weighted by atomic mass is 16.6. The van der Waals surface area contributed by atoms with E-state index >= 15 is 0 Å². The van der Waals surface area contributed by atoms with Crippen molar-refractivity contribution in [2.24, 2.45) is 5.92 Å². The van der Waals surface area contributed by atoms with Gasteiger partial charge in [0.15, 0.2) is 0 Å². The number of carbonyl (C=O) groups excluding carboxylic acids is 1. The van der Waals surface area contributed by atoms with Crippen molar-refractivity contribution in [2.45, 2.75) is 77.5 Å². The molecule has 0 heterocycles. The number of benzene rings is 1. The Morgan fingerprint density at radius 1 is 1.30 bits per heavy atom. The molecule has 0 bridgehead atoms. The third kappa shape index (κ3) is 8.21. The maximum atomic E-state index is 13.0. The molecule has 0 aromatic heterocycles. The minimum atomic E-state index is -0.587. The normalized spacial score (nSPS) is 20.3. The molecule has 0 radical (unpaired) electrons. The lowest BCUT2D eigenvalue weighted by Crippen LogP contribution is -2.41. The van der Waals surface area contributed by atoms with Crippen molar-refractivity contribution in [1.29, 1.82) is 0 Å². The van der Waals surface area contributed by atoms with Crippen molar-refractivity contribution in [2.75, 3.05) is 19.8 Å². The Hall–Kier alpha value is -1.69. The van der Waals surface area contributed by atoms with E-state index in [9.17, 15) is 9.90 Å². The molecule has 5 nitrogen and oxygen atoms in total. The standard InChI is InChI=1S/C25H39NO4/c1-5-6-15-29-18-22(16-20-13-10-14-21(20)17-27)26-23(19-11-8-7-9-12-19)24(28)30-25(2,3)4/h7-9,11-12,16,21-23,26-27H,5-6,10,13-15,17-18H2,1-4H3/b20-16-/t21-,22+,23?/m0/s1. The fourth-order valence-corrected chi connectivity index (χ4v) is 3.75. The van der Waals surface area contributed by atoms with Gasteiger partial charge >= 0.3 is 5.97 Å². The molecular weight excluding hydrogens is 378 g/mol. The third-order valence-electron chi connectivity index (χ3n) is 5.27. The first-order chi connectivity index (χ1) is 14.3. The van der Waals surface area contributed by atoms with E-state index in [0.717, 1.165) is 37.7 Å². The Labute approximate surface area is 181 Å². The van der Waals surface area contributed by atoms with E-state index in [1.807, 2.05) is 51.1 Å². The number of nitrogens with one attached hydrogen (secondary N) is 1. The van der Waals surface area contributed by atoms with E-state index in [2.05, 4.69) is 18.3 Å². The van der Waals surface area contributed by atoms with E-state index in [4.69, 9.17) is 9.47 Å². The molecule has 1 unspecified atom stereocenters. The molecule has 3 atom stereocenters. The summed E-state index contributed by atoms with van der Waals surface area (Å²) in [6, 6.07) is 8.95. The summed E-state index contributed by atoms with van der Waals surface area (Å²) in [6.45, 7) is 9.13. The fourth-order valence-electron chi connectivity index (χ4n) is 3.75. The number of aliphatic hydroxyl groups excluding tert-OH is 1. The van der Waals surface area contributed by atoms with Crippen LogP contribution in [0.25, 0.3) is 0 Å². The molecule has 5 heteroatoms. The molecular formula is C25H39NO4. The van der Waals surface area contributed by atoms with Crippen molar-refractivity contribution >= 4 is 5.97 Å². The number of hydrogen-bond donors (Lipinski definition) is 2. The zero-order valence-corrected chi connectivity index (χ0v) is 19.0. The predicted octanol–water partition coefficient (Wildman–Crippen LogP) is 4.56. The molecule has 0 amide bonds. The van der Waals surface area contributed by atoms with Crippen LogP contribution in [0.1, 0.15) is 71.4 Å². The third-order valence-corrected chi connectivity index (χ3v) is 5.27. The topological polar surface area (TPSA) is 67.8 Å². The molecule has 0 aliphatic heterocycles. The molecule has 30 heavy (non-hydrogen) atoms. The molecule has 1 aromatic rings. The van der Waals surface area contributed by atoms with E-state index in [-0.39, 0.29) is 24.5 Å². The Bertz CT molecular complexity index is 665. The SMILES string of the molecule is CCCCOC[C@@H](/C=C1/CCC[C@H]1CO)NC(C(=O)OC(C)(C)C)c1ccccc1. The molecule has 1 aliphatic carbocycles. The van der Waals surface area contributed by atoms with Crippen LogP contribution in [0.15, 0.2) is 42.0 Å². The van der Waals surface area contributed by atoms with Gasteiger partial charge in [0.2, 0.25) is 0 Å². The van der Waals surface area contributed by atoms with Crippen molar-refractivity contribution < 1.29 is 19.4 Å². The van der Waals surface area contributed by atoms with E-state index in [1.165, 1.54) is 5.57 Å². The lowest BCUT2D eigenvalue weighted by atomic mass is 10.00. The number of aliphatic hydroxyl groups is 1. The second-order valence-electron chi connectivity index (χ2n) is 9.09. The molecule has 1 aromatic carbocycles. The summed E-state index contributed by atoms with van der Waals surface area (Å²) in [5.41, 5.74) is 1.56. The van der Waals surface area contributed by atoms with Crippen LogP contribution in [0.3, 0.4) is 0 Å². The van der Waals surface area contributed by atoms with Crippen LogP contribution in [0.5, 0.6) is 0 Å². The summed E-state index contributed by atoms with van der Waals surface area (Å²) >= 11 is 0. The van der Waals surface area contributed by atoms with Crippen molar-refractivity contribution in [3.8, 4) is 0 Å². The van der Waals surface area contributed by atoms with Crippen LogP contribution >= 0.6 is 0 Å². The quantitative estimate of drug-likeness (QED) is 0.314. The number of carbonyl (C=O) groups is 1. The monoisotopic (exact) mass is 417 g/mol. The maximum Gasteiger partial charge on any atom is 0.328 e. The van der Waals surface area contributed by atoms with Gasteiger partial charge in [0.25, 0.3) is 0 Å². The molecule has 1 saturated carbocycles. The number of esters is 1. The Balaban J connectivity index is 2.23. The first-order valence-corrected chi connectivity index (χ1v) is 11.3. The van der Waals surface area contributed by atoms with Gasteiger partial charge < -0.3 is 14.6 Å². The highest BCUT2D eigenvalue weighted by molar-refractivity contribution is 5.78. The summed E-state index contributed by atoms with van der Waals surface area (Å²) in [4.78, 5) is 13.0. The number of rotatable bonds is 11. The first-order valence-electron chi connectivity index (χ1n) is 11.3. The van der Waals surface area contributed by atoms with Crippen LogP contribution in [0.2, 0.25) is 0 Å². The first kappa shape index (κ1) is 24.6. The second kappa shape index (κ2) is 12.2. The van der Waals surface area contributed by atoms with Crippen LogP contribution in [-0.4, -0.2) is 42.5 Å². The zero-order chi connectivity index (χ0) is 22.0. The Morgan fingerprint density at radius 3 is 2.67 bits per heavy atom. The molecule has 0 saturated heterocycles. The maximum absolute atomic E-state index is 13.0. The van der Waals surface area contributed by atoms with Gasteiger partial charge in [-0.15, -0.1) is 0 Å². The van der Waals surface area contributed by atoms with E-state index in [0.29, 0.717) is 13.2 Å². The molecule has 1 fully saturated rings. The molecule has 168 valence electrons. The summed E-state index contributed by atoms with van der Waals surface area (Å²) in [6.07, 6.45) is 7.35. The van der Waals surface area contributed by atoms with Crippen LogP contribution in [-0.2, 0) is 14.3 Å². The lowest BCUT2D eigenvalue weighted by molar-refractivity contribution is -0.158.